The molecule has 0 fully saturated rings. The zero-order valence-corrected chi connectivity index (χ0v) is 12.5. The summed E-state index contributed by atoms with van der Waals surface area (Å²) in [6, 6.07) is 9.62. The van der Waals surface area contributed by atoms with Crippen molar-refractivity contribution in [3.63, 3.8) is 0 Å². The van der Waals surface area contributed by atoms with Crippen molar-refractivity contribution in [3.05, 3.63) is 52.8 Å². The van der Waals surface area contributed by atoms with Gasteiger partial charge < -0.3 is 5.32 Å². The molecule has 0 aliphatic heterocycles. The molecule has 0 amide bonds. The summed E-state index contributed by atoms with van der Waals surface area (Å²) < 4.78 is 0.646. The minimum Gasteiger partial charge on any atom is -0.330 e. The van der Waals surface area contributed by atoms with Gasteiger partial charge in [-0.1, -0.05) is 29.5 Å². The molecule has 0 radical (unpaired) electrons. The van der Waals surface area contributed by atoms with Crippen molar-refractivity contribution >= 4 is 39.6 Å². The molecule has 0 saturated carbocycles. The fraction of sp³-hybridized carbons (Fsp3) is 0. The van der Waals surface area contributed by atoms with E-state index in [1.54, 1.807) is 0 Å². The average Bonchev–Trinajstić information content (AvgIpc) is 2.96. The molecule has 0 aliphatic rings. The van der Waals surface area contributed by atoms with E-state index in [0.717, 1.165) is 5.69 Å². The zero-order valence-electron chi connectivity index (χ0n) is 10.9. The number of para-hydroxylation sites is 1. The summed E-state index contributed by atoms with van der Waals surface area (Å²) in [7, 11) is 0. The van der Waals surface area contributed by atoms with Crippen molar-refractivity contribution in [2.24, 2.45) is 0 Å². The molecule has 22 heavy (non-hydrogen) atoms. The lowest BCUT2D eigenvalue weighted by Gasteiger charge is -1.99. The van der Waals surface area contributed by atoms with Crippen LogP contribution in [-0.4, -0.2) is 25.1 Å². The fourth-order valence-electron chi connectivity index (χ4n) is 1.48. The van der Waals surface area contributed by atoms with E-state index < -0.39 is 4.92 Å². The number of rotatable bonds is 5. The molecule has 8 nitrogen and oxygen atoms in total. The predicted octanol–water partition coefficient (Wildman–Crippen LogP) is 3.13. The second-order valence-corrected chi connectivity index (χ2v) is 6.14. The fourth-order valence-corrected chi connectivity index (χ4v) is 3.05. The summed E-state index contributed by atoms with van der Waals surface area (Å²) in [6.07, 6.45) is 2.33. The molecule has 110 valence electrons. The molecular formula is C12H8N6O2S2. The first kappa shape index (κ1) is 14.4. The highest BCUT2D eigenvalue weighted by Gasteiger charge is 2.11. The number of anilines is 2. The van der Waals surface area contributed by atoms with Crippen LogP contribution in [0.2, 0.25) is 0 Å². The van der Waals surface area contributed by atoms with Crippen LogP contribution in [0.5, 0.6) is 0 Å². The third-order valence-electron chi connectivity index (χ3n) is 2.44. The Kier molecular flexibility index (Phi) is 4.21. The van der Waals surface area contributed by atoms with Gasteiger partial charge >= 0.3 is 5.69 Å². The minimum atomic E-state index is -0.540. The van der Waals surface area contributed by atoms with Gasteiger partial charge in [-0.3, -0.25) is 10.1 Å². The van der Waals surface area contributed by atoms with E-state index in [2.05, 4.69) is 25.5 Å². The van der Waals surface area contributed by atoms with Crippen LogP contribution in [0.3, 0.4) is 0 Å². The highest BCUT2D eigenvalue weighted by atomic mass is 32.2. The molecule has 0 aliphatic carbocycles. The Morgan fingerprint density at radius 2 is 1.86 bits per heavy atom. The second kappa shape index (κ2) is 6.45. The maximum Gasteiger partial charge on any atom is 0.305 e. The molecule has 3 rings (SSSR count). The number of benzene rings is 1. The van der Waals surface area contributed by atoms with Crippen LogP contribution >= 0.6 is 23.1 Å². The Labute approximate surface area is 132 Å². The molecule has 0 saturated heterocycles. The van der Waals surface area contributed by atoms with E-state index in [9.17, 15) is 10.1 Å². The molecule has 0 bridgehead atoms. The van der Waals surface area contributed by atoms with Gasteiger partial charge in [-0.25, -0.2) is 9.97 Å². The molecule has 1 aromatic carbocycles. The smallest absolute Gasteiger partial charge is 0.305 e. The van der Waals surface area contributed by atoms with Crippen LogP contribution in [0.4, 0.5) is 16.5 Å². The number of nitro groups is 1. The molecular weight excluding hydrogens is 324 g/mol. The standard InChI is InChI=1S/C12H8N6O2S2/c19-18(20)9-6-13-10(14-7-9)21-12-17-16-11(22-12)15-8-4-2-1-3-5-8/h1-7H,(H,15,16). The third kappa shape index (κ3) is 3.54. The number of hydrogen-bond donors (Lipinski definition) is 1. The third-order valence-corrected chi connectivity index (χ3v) is 4.22. The quantitative estimate of drug-likeness (QED) is 0.431. The van der Waals surface area contributed by atoms with Gasteiger partial charge in [-0.05, 0) is 23.9 Å². The van der Waals surface area contributed by atoms with E-state index in [1.165, 1.54) is 35.5 Å². The first-order chi connectivity index (χ1) is 10.7. The molecule has 0 unspecified atom stereocenters. The van der Waals surface area contributed by atoms with Gasteiger partial charge in [-0.2, -0.15) is 0 Å². The molecule has 2 heterocycles. The summed E-state index contributed by atoms with van der Waals surface area (Å²) in [5.41, 5.74) is 0.773. The van der Waals surface area contributed by atoms with Gasteiger partial charge in [-0.15, -0.1) is 10.2 Å². The maximum atomic E-state index is 10.5. The second-order valence-electron chi connectivity index (χ2n) is 3.95. The maximum absolute atomic E-state index is 10.5. The van der Waals surface area contributed by atoms with Crippen molar-refractivity contribution in [3.8, 4) is 0 Å². The van der Waals surface area contributed by atoms with Crippen LogP contribution in [0.1, 0.15) is 0 Å². The van der Waals surface area contributed by atoms with Crippen molar-refractivity contribution < 1.29 is 4.92 Å². The van der Waals surface area contributed by atoms with Gasteiger partial charge in [0.1, 0.15) is 12.4 Å². The number of nitrogens with one attached hydrogen (secondary N) is 1. The van der Waals surface area contributed by atoms with E-state index in [1.807, 2.05) is 30.3 Å². The summed E-state index contributed by atoms with van der Waals surface area (Å²) in [6.45, 7) is 0. The van der Waals surface area contributed by atoms with Crippen LogP contribution in [0.25, 0.3) is 0 Å². The SMILES string of the molecule is O=[N+]([O-])c1cnc(Sc2nnc(Nc3ccccc3)s2)nc1. The largest absolute Gasteiger partial charge is 0.330 e. The highest BCUT2D eigenvalue weighted by Crippen LogP contribution is 2.31. The van der Waals surface area contributed by atoms with Crippen LogP contribution < -0.4 is 5.32 Å². The molecule has 3 aromatic rings. The van der Waals surface area contributed by atoms with Gasteiger partial charge in [0.2, 0.25) is 5.13 Å². The summed E-state index contributed by atoms with van der Waals surface area (Å²) in [5.74, 6) is 0. The average molecular weight is 332 g/mol. The first-order valence-electron chi connectivity index (χ1n) is 6.00. The summed E-state index contributed by atoms with van der Waals surface area (Å²) in [5, 5.41) is 22.8. The lowest BCUT2D eigenvalue weighted by molar-refractivity contribution is -0.385. The van der Waals surface area contributed by atoms with Crippen molar-refractivity contribution in [2.45, 2.75) is 9.50 Å². The predicted molar refractivity (Wildman–Crippen MR) is 82.4 cm³/mol. The summed E-state index contributed by atoms with van der Waals surface area (Å²) in [4.78, 5) is 17.8. The normalized spacial score (nSPS) is 10.4. The van der Waals surface area contributed by atoms with Gasteiger partial charge in [0.05, 0.1) is 4.92 Å². The lowest BCUT2D eigenvalue weighted by Crippen LogP contribution is -1.92. The molecule has 1 N–H and O–H groups in total. The topological polar surface area (TPSA) is 107 Å². The number of aromatic nitrogens is 4. The monoisotopic (exact) mass is 332 g/mol. The Balaban J connectivity index is 1.67. The van der Waals surface area contributed by atoms with Crippen LogP contribution in [-0.2, 0) is 0 Å². The lowest BCUT2D eigenvalue weighted by atomic mass is 10.3. The van der Waals surface area contributed by atoms with Gasteiger partial charge in [0, 0.05) is 5.69 Å². The van der Waals surface area contributed by atoms with E-state index >= 15 is 0 Å². The Morgan fingerprint density at radius 3 is 2.55 bits per heavy atom. The van der Waals surface area contributed by atoms with E-state index in [-0.39, 0.29) is 5.69 Å². The molecule has 2 aromatic heterocycles. The van der Waals surface area contributed by atoms with E-state index in [0.29, 0.717) is 14.6 Å². The Hall–Kier alpha value is -2.59. The van der Waals surface area contributed by atoms with Crippen LogP contribution in [0.15, 0.2) is 52.2 Å². The molecule has 0 spiro atoms. The zero-order chi connectivity index (χ0) is 15.4. The number of hydrogen-bond acceptors (Lipinski definition) is 9. The molecule has 10 heteroatoms. The minimum absolute atomic E-state index is 0.145. The Morgan fingerprint density at radius 1 is 1.14 bits per heavy atom. The van der Waals surface area contributed by atoms with Gasteiger partial charge in [0.25, 0.3) is 0 Å². The van der Waals surface area contributed by atoms with Crippen molar-refractivity contribution in [2.75, 3.05) is 5.32 Å². The highest BCUT2D eigenvalue weighted by molar-refractivity contribution is 8.00. The summed E-state index contributed by atoms with van der Waals surface area (Å²) >= 11 is 2.55. The van der Waals surface area contributed by atoms with Crippen molar-refractivity contribution in [1.82, 2.24) is 20.2 Å². The van der Waals surface area contributed by atoms with E-state index in [4.69, 9.17) is 0 Å². The first-order valence-corrected chi connectivity index (χ1v) is 7.64. The van der Waals surface area contributed by atoms with Gasteiger partial charge in [0.15, 0.2) is 9.50 Å². The van der Waals surface area contributed by atoms with Crippen LogP contribution in [0, 0.1) is 10.1 Å². The number of nitrogens with zero attached hydrogens (tertiary/aromatic N) is 5. The van der Waals surface area contributed by atoms with Crippen molar-refractivity contribution in [1.29, 1.82) is 0 Å². The Bertz CT molecular complexity index is 778. The molecule has 0 atom stereocenters.